The van der Waals surface area contributed by atoms with Crippen LogP contribution in [-0.4, -0.2) is 56.6 Å². The number of hydrogen-bond donors (Lipinski definition) is 0. The molecule has 0 rings (SSSR count). The summed E-state index contributed by atoms with van der Waals surface area (Å²) >= 11 is 0. The van der Waals surface area contributed by atoms with Crippen molar-refractivity contribution in [2.75, 3.05) is 0 Å². The second-order valence-electron chi connectivity index (χ2n) is 0. The van der Waals surface area contributed by atoms with E-state index < -0.39 is 0 Å². The van der Waals surface area contributed by atoms with Crippen molar-refractivity contribution in [1.82, 2.24) is 0 Å². The molecule has 0 heterocycles. The van der Waals surface area contributed by atoms with Gasteiger partial charge in [0.2, 0.25) is 0 Å². The van der Waals surface area contributed by atoms with Gasteiger partial charge in [-0.1, -0.05) is 0 Å². The molecule has 0 aliphatic heterocycles. The average molecular weight is 306 g/mol. The normalized spacial score (nSPS) is 0. The third-order valence-corrected chi connectivity index (χ3v) is 0. The third-order valence-electron chi connectivity index (χ3n) is 0. The Kier molecular flexibility index (Phi) is 108. The molecule has 0 saturated carbocycles. The van der Waals surface area contributed by atoms with Crippen molar-refractivity contribution in [2.24, 2.45) is 0 Å². The van der Waals surface area contributed by atoms with Gasteiger partial charge in [-0.25, -0.2) is 0 Å². The van der Waals surface area contributed by atoms with Crippen molar-refractivity contribution < 1.29 is 0 Å². The maximum atomic E-state index is 0. The minimum atomic E-state index is 0. The van der Waals surface area contributed by atoms with E-state index >= 15 is 0 Å². The Hall–Kier alpha value is 3.32. The second-order valence-corrected chi connectivity index (χ2v) is 0. The van der Waals surface area contributed by atoms with Crippen LogP contribution in [0.4, 0.5) is 0 Å². The molecule has 0 atom stereocenters. The standard InChI is InChI=1S/Ca.2HI.Li.3H/h;2*1H;;;;. The molecule has 0 aromatic rings. The van der Waals surface area contributed by atoms with E-state index in [2.05, 4.69) is 0 Å². The van der Waals surface area contributed by atoms with Gasteiger partial charge in [-0.15, -0.1) is 48.0 Å². The van der Waals surface area contributed by atoms with Crippen LogP contribution in [0.15, 0.2) is 0 Å². The van der Waals surface area contributed by atoms with Crippen LogP contribution in [0.3, 0.4) is 0 Å². The summed E-state index contributed by atoms with van der Waals surface area (Å²) < 4.78 is 0. The fourth-order valence-electron chi connectivity index (χ4n) is 0. The van der Waals surface area contributed by atoms with Gasteiger partial charge >= 0.3 is 56.6 Å². The molecule has 0 amide bonds. The van der Waals surface area contributed by atoms with Crippen LogP contribution in [0, 0.1) is 0 Å². The summed E-state index contributed by atoms with van der Waals surface area (Å²) in [5.74, 6) is 0. The zero-order chi connectivity index (χ0) is 0. The molecule has 0 aromatic heterocycles. The maximum absolute atomic E-state index is 0. The monoisotopic (exact) mass is 306 g/mol. The van der Waals surface area contributed by atoms with Gasteiger partial charge in [0.1, 0.15) is 0 Å². The Morgan fingerprint density at radius 2 is 0.750 bits per heavy atom. The molecule has 0 aromatic carbocycles. The van der Waals surface area contributed by atoms with Gasteiger partial charge in [0, 0.05) is 0 Å². The van der Waals surface area contributed by atoms with Crippen LogP contribution in [-0.2, 0) is 0 Å². The molecular formula is H5CaI2Li. The first-order valence-corrected chi connectivity index (χ1v) is 0. The minimum absolute atomic E-state index is 0. The molecule has 0 aliphatic carbocycles. The molecule has 22 valence electrons. The Balaban J connectivity index is 0. The van der Waals surface area contributed by atoms with Crippen molar-refractivity contribution in [1.29, 1.82) is 0 Å². The first-order valence-electron chi connectivity index (χ1n) is 0. The molecule has 0 nitrogen and oxygen atoms in total. The molecule has 0 spiro atoms. The van der Waals surface area contributed by atoms with E-state index in [4.69, 9.17) is 0 Å². The molecule has 0 saturated heterocycles. The Bertz CT molecular complexity index is 6.00. The molecule has 0 fully saturated rings. The predicted molar refractivity (Wildman–Crippen MR) is 46.5 cm³/mol. The van der Waals surface area contributed by atoms with E-state index in [1.165, 1.54) is 0 Å². The summed E-state index contributed by atoms with van der Waals surface area (Å²) in [6.07, 6.45) is 0. The van der Waals surface area contributed by atoms with Crippen molar-refractivity contribution >= 4 is 105 Å². The zero-order valence-corrected chi connectivity index (χ0v) is 5.48. The van der Waals surface area contributed by atoms with Crippen molar-refractivity contribution in [3.05, 3.63) is 0 Å². The molecule has 4 heavy (non-hydrogen) atoms. The first kappa shape index (κ1) is 26.5. The van der Waals surface area contributed by atoms with Gasteiger partial charge < -0.3 is 0 Å². The van der Waals surface area contributed by atoms with Gasteiger partial charge in [0.25, 0.3) is 0 Å². The van der Waals surface area contributed by atoms with Gasteiger partial charge in [0.05, 0.1) is 0 Å². The average Bonchev–Trinajstić information content (AvgIpc) is 0. The summed E-state index contributed by atoms with van der Waals surface area (Å²) in [7, 11) is 0. The van der Waals surface area contributed by atoms with Crippen molar-refractivity contribution in [3.8, 4) is 0 Å². The van der Waals surface area contributed by atoms with Gasteiger partial charge in [-0.2, -0.15) is 0 Å². The Labute approximate surface area is 102 Å². The topological polar surface area (TPSA) is 0 Å². The van der Waals surface area contributed by atoms with Crippen LogP contribution in [0.5, 0.6) is 0 Å². The quantitative estimate of drug-likeness (QED) is 0.425. The second kappa shape index (κ2) is 16.2. The van der Waals surface area contributed by atoms with Crippen molar-refractivity contribution in [3.63, 3.8) is 0 Å². The van der Waals surface area contributed by atoms with Crippen LogP contribution in [0.1, 0.15) is 0 Å². The Morgan fingerprint density at radius 3 is 0.750 bits per heavy atom. The summed E-state index contributed by atoms with van der Waals surface area (Å²) in [5, 5.41) is 0. The molecular weight excluding hydrogens is 301 g/mol. The molecule has 4 heteroatoms. The summed E-state index contributed by atoms with van der Waals surface area (Å²) in [6.45, 7) is 0. The molecule has 0 aliphatic rings. The fraction of sp³-hybridized carbons (Fsp3) is 0. The van der Waals surface area contributed by atoms with Gasteiger partial charge in [-0.3, -0.25) is 0 Å². The number of hydrogen-bond acceptors (Lipinski definition) is 0. The Morgan fingerprint density at radius 1 is 0.750 bits per heavy atom. The van der Waals surface area contributed by atoms with Crippen LogP contribution in [0.2, 0.25) is 0 Å². The SMILES string of the molecule is I.I.[CaH2].[LiH]. The number of rotatable bonds is 0. The van der Waals surface area contributed by atoms with Crippen LogP contribution < -0.4 is 0 Å². The molecule has 0 radical (unpaired) electrons. The third kappa shape index (κ3) is 9.01. The summed E-state index contributed by atoms with van der Waals surface area (Å²) in [6, 6.07) is 0. The molecule has 0 bridgehead atoms. The summed E-state index contributed by atoms with van der Waals surface area (Å²) in [4.78, 5) is 0. The van der Waals surface area contributed by atoms with Crippen LogP contribution in [0.25, 0.3) is 0 Å². The molecule has 0 unspecified atom stereocenters. The van der Waals surface area contributed by atoms with E-state index in [1.807, 2.05) is 0 Å². The van der Waals surface area contributed by atoms with Crippen LogP contribution >= 0.6 is 48.0 Å². The first-order chi connectivity index (χ1) is 0. The fourth-order valence-corrected chi connectivity index (χ4v) is 0. The van der Waals surface area contributed by atoms with Gasteiger partial charge in [-0.05, 0) is 0 Å². The van der Waals surface area contributed by atoms with Crippen molar-refractivity contribution in [2.45, 2.75) is 0 Å². The number of halogens is 2. The van der Waals surface area contributed by atoms with Gasteiger partial charge in [0.15, 0.2) is 0 Å². The summed E-state index contributed by atoms with van der Waals surface area (Å²) in [5.41, 5.74) is 0. The zero-order valence-electron chi connectivity index (χ0n) is 0.816. The predicted octanol–water partition coefficient (Wildman–Crippen LogP) is -0.329. The van der Waals surface area contributed by atoms with E-state index in [0.29, 0.717) is 0 Å². The van der Waals surface area contributed by atoms with E-state index in [-0.39, 0.29) is 105 Å². The van der Waals surface area contributed by atoms with E-state index in [1.54, 1.807) is 0 Å². The molecule has 0 N–H and O–H groups in total. The van der Waals surface area contributed by atoms with E-state index in [0.717, 1.165) is 0 Å². The van der Waals surface area contributed by atoms with E-state index in [9.17, 15) is 0 Å².